The maximum absolute atomic E-state index is 14.4. The van der Waals surface area contributed by atoms with Crippen molar-refractivity contribution in [1.82, 2.24) is 4.40 Å². The summed E-state index contributed by atoms with van der Waals surface area (Å²) >= 11 is 0. The van der Waals surface area contributed by atoms with Gasteiger partial charge in [0, 0.05) is 27.0 Å². The van der Waals surface area contributed by atoms with E-state index in [0.29, 0.717) is 50.9 Å². The van der Waals surface area contributed by atoms with E-state index in [1.54, 1.807) is 18.2 Å². The molecule has 2 aliphatic rings. The lowest BCUT2D eigenvalue weighted by Crippen LogP contribution is -2.50. The van der Waals surface area contributed by atoms with Gasteiger partial charge in [0.15, 0.2) is 16.6 Å². The average molecular weight is 600 g/mol. The second-order valence-corrected chi connectivity index (χ2v) is 14.6. The zero-order valence-corrected chi connectivity index (χ0v) is 26.2. The standard InChI is InChI=1S/C38H33NO6/c1-35(2,3)21-18-25-29-26(19-21)32(41)24-15-14-20-10-7-8-11-22(20)28(24)39(29)30-23(31(25)40)12-9-13-27(30)44-34(43)38-17-16-37(6,33(42)45-38)36(38,4)5/h7-15,18-19H,16-17H2,1-6H3/t37-,38+/m0/s1. The van der Waals surface area contributed by atoms with E-state index in [4.69, 9.17) is 9.47 Å². The van der Waals surface area contributed by atoms with Crippen molar-refractivity contribution in [1.29, 1.82) is 0 Å². The molecule has 6 aromatic rings. The number of pyridine rings is 2. The van der Waals surface area contributed by atoms with Crippen LogP contribution < -0.4 is 15.6 Å². The van der Waals surface area contributed by atoms with Gasteiger partial charge >= 0.3 is 11.9 Å². The van der Waals surface area contributed by atoms with Crippen molar-refractivity contribution in [2.24, 2.45) is 10.8 Å². The van der Waals surface area contributed by atoms with Gasteiger partial charge in [0.25, 0.3) is 0 Å². The second kappa shape index (κ2) is 8.47. The fourth-order valence-electron chi connectivity index (χ4n) is 7.86. The maximum atomic E-state index is 14.4. The van der Waals surface area contributed by atoms with Gasteiger partial charge in [-0.05, 0) is 66.5 Å². The van der Waals surface area contributed by atoms with Crippen LogP contribution in [0.15, 0.2) is 76.3 Å². The Morgan fingerprint density at radius 1 is 0.756 bits per heavy atom. The molecule has 1 aliphatic carbocycles. The first-order valence-electron chi connectivity index (χ1n) is 15.4. The molecule has 1 saturated heterocycles. The first-order chi connectivity index (χ1) is 21.2. The molecule has 7 heteroatoms. The second-order valence-electron chi connectivity index (χ2n) is 14.6. The summed E-state index contributed by atoms with van der Waals surface area (Å²) in [5.74, 6) is -0.898. The predicted octanol–water partition coefficient (Wildman–Crippen LogP) is 7.04. The van der Waals surface area contributed by atoms with Crippen LogP contribution in [0.25, 0.3) is 48.9 Å². The predicted molar refractivity (Wildman–Crippen MR) is 175 cm³/mol. The summed E-state index contributed by atoms with van der Waals surface area (Å²) in [6.07, 6.45) is 0.864. The van der Waals surface area contributed by atoms with Crippen molar-refractivity contribution in [2.75, 3.05) is 0 Å². The fourth-order valence-corrected chi connectivity index (χ4v) is 7.86. The highest BCUT2D eigenvalue weighted by atomic mass is 16.6. The number of para-hydroxylation sites is 1. The van der Waals surface area contributed by atoms with E-state index in [9.17, 15) is 19.2 Å². The maximum Gasteiger partial charge on any atom is 0.356 e. The summed E-state index contributed by atoms with van der Waals surface area (Å²) in [7, 11) is 0. The van der Waals surface area contributed by atoms with Crippen molar-refractivity contribution in [3.63, 3.8) is 0 Å². The van der Waals surface area contributed by atoms with E-state index >= 15 is 0 Å². The van der Waals surface area contributed by atoms with E-state index in [2.05, 4.69) is 20.8 Å². The summed E-state index contributed by atoms with van der Waals surface area (Å²) in [5.41, 5.74) is -1.42. The molecule has 0 spiro atoms. The molecular weight excluding hydrogens is 566 g/mol. The largest absolute Gasteiger partial charge is 0.446 e. The molecule has 1 aliphatic heterocycles. The van der Waals surface area contributed by atoms with Crippen molar-refractivity contribution in [2.45, 2.75) is 65.4 Å². The molecule has 2 aromatic heterocycles. The Hall–Kier alpha value is -4.78. The van der Waals surface area contributed by atoms with Gasteiger partial charge in [0.1, 0.15) is 5.52 Å². The Balaban J connectivity index is 1.53. The molecule has 0 radical (unpaired) electrons. The average Bonchev–Trinajstić information content (AvgIpc) is 3.30. The Bertz CT molecular complexity index is 2430. The minimum atomic E-state index is -1.45. The molecule has 2 fully saturated rings. The quantitative estimate of drug-likeness (QED) is 0.0918. The Morgan fingerprint density at radius 2 is 1.38 bits per heavy atom. The summed E-state index contributed by atoms with van der Waals surface area (Å²) < 4.78 is 14.0. The Kier molecular flexibility index (Phi) is 5.23. The topological polar surface area (TPSA) is 91.2 Å². The molecule has 7 nitrogen and oxygen atoms in total. The molecule has 4 aromatic carbocycles. The summed E-state index contributed by atoms with van der Waals surface area (Å²) in [6.45, 7) is 11.8. The van der Waals surface area contributed by atoms with Crippen molar-refractivity contribution >= 4 is 60.8 Å². The highest BCUT2D eigenvalue weighted by Gasteiger charge is 2.76. The first kappa shape index (κ1) is 27.7. The third-order valence-corrected chi connectivity index (χ3v) is 11.1. The molecule has 3 heterocycles. The third-order valence-electron chi connectivity index (χ3n) is 11.1. The molecule has 0 amide bonds. The molecule has 2 atom stereocenters. The molecule has 2 bridgehead atoms. The van der Waals surface area contributed by atoms with Crippen LogP contribution in [0.1, 0.15) is 59.9 Å². The van der Waals surface area contributed by atoms with Crippen molar-refractivity contribution in [3.8, 4) is 5.75 Å². The van der Waals surface area contributed by atoms with Crippen LogP contribution in [0, 0.1) is 10.8 Å². The van der Waals surface area contributed by atoms with Crippen molar-refractivity contribution in [3.05, 3.63) is 92.7 Å². The first-order valence-corrected chi connectivity index (χ1v) is 15.4. The number of hydrogen-bond donors (Lipinski definition) is 0. The molecule has 0 unspecified atom stereocenters. The number of fused-ring (bicyclic) bond motifs is 8. The van der Waals surface area contributed by atoms with E-state index in [-0.39, 0.29) is 22.0 Å². The van der Waals surface area contributed by atoms with Gasteiger partial charge in [-0.2, -0.15) is 0 Å². The Morgan fingerprint density at radius 3 is 2.00 bits per heavy atom. The number of ether oxygens (including phenoxy) is 2. The number of nitrogens with zero attached hydrogens (tertiary/aromatic N) is 1. The Labute approximate surface area is 258 Å². The third kappa shape index (κ3) is 3.25. The SMILES string of the molecule is CC(C)(C)c1cc2c(=O)c3cccc(OC(=O)[C@@]45CC[C@@](C)(C(=O)O4)C5(C)C)c3n3c2c(c1)c(=O)c1ccc2ccccc2c13. The van der Waals surface area contributed by atoms with Gasteiger partial charge in [-0.3, -0.25) is 14.4 Å². The van der Waals surface area contributed by atoms with Gasteiger partial charge in [-0.25, -0.2) is 4.79 Å². The number of benzene rings is 4. The molecule has 45 heavy (non-hydrogen) atoms. The van der Waals surface area contributed by atoms with Crippen LogP contribution in [-0.4, -0.2) is 21.9 Å². The van der Waals surface area contributed by atoms with E-state index in [0.717, 1.165) is 16.3 Å². The lowest BCUT2D eigenvalue weighted by molar-refractivity contribution is -0.176. The molecule has 226 valence electrons. The molecule has 1 saturated carbocycles. The van der Waals surface area contributed by atoms with Crippen LogP contribution in [-0.2, 0) is 19.7 Å². The van der Waals surface area contributed by atoms with Crippen LogP contribution in [0.3, 0.4) is 0 Å². The summed E-state index contributed by atoms with van der Waals surface area (Å²) in [5, 5.41) is 3.46. The zero-order valence-electron chi connectivity index (χ0n) is 26.2. The highest BCUT2D eigenvalue weighted by molar-refractivity contribution is 6.15. The number of aromatic nitrogens is 1. The number of carbonyl (C=O) groups is 2. The number of rotatable bonds is 2. The van der Waals surface area contributed by atoms with Gasteiger partial charge < -0.3 is 13.9 Å². The molecular formula is C38H33NO6. The van der Waals surface area contributed by atoms with Crippen LogP contribution in [0.2, 0.25) is 0 Å². The van der Waals surface area contributed by atoms with E-state index in [1.807, 2.05) is 73.7 Å². The summed E-state index contributed by atoms with van der Waals surface area (Å²) in [4.78, 5) is 55.8. The van der Waals surface area contributed by atoms with Gasteiger partial charge in [-0.1, -0.05) is 71.0 Å². The zero-order chi connectivity index (χ0) is 31.8. The van der Waals surface area contributed by atoms with E-state index in [1.165, 1.54) is 0 Å². The minimum absolute atomic E-state index is 0.163. The van der Waals surface area contributed by atoms with Crippen molar-refractivity contribution < 1.29 is 19.1 Å². The van der Waals surface area contributed by atoms with Crippen LogP contribution in [0.4, 0.5) is 0 Å². The minimum Gasteiger partial charge on any atom is -0.446 e. The van der Waals surface area contributed by atoms with Gasteiger partial charge in [-0.15, -0.1) is 0 Å². The fraction of sp³-hybridized carbons (Fsp3) is 0.316. The lowest BCUT2D eigenvalue weighted by atomic mass is 9.66. The summed E-state index contributed by atoms with van der Waals surface area (Å²) in [6, 6.07) is 20.4. The number of carbonyl (C=O) groups excluding carboxylic acids is 2. The van der Waals surface area contributed by atoms with Crippen LogP contribution in [0.5, 0.6) is 5.75 Å². The molecule has 8 rings (SSSR count). The number of hydrogen-bond acceptors (Lipinski definition) is 6. The monoisotopic (exact) mass is 599 g/mol. The van der Waals surface area contributed by atoms with E-state index < -0.39 is 28.4 Å². The highest BCUT2D eigenvalue weighted by Crippen LogP contribution is 2.65. The van der Waals surface area contributed by atoms with Gasteiger partial charge in [0.05, 0.1) is 21.8 Å². The molecule has 0 N–H and O–H groups in total. The van der Waals surface area contributed by atoms with Gasteiger partial charge in [0.2, 0.25) is 5.60 Å². The lowest BCUT2D eigenvalue weighted by Gasteiger charge is -2.34. The smallest absolute Gasteiger partial charge is 0.356 e. The normalized spacial score (nSPS) is 22.7. The van der Waals surface area contributed by atoms with Crippen LogP contribution >= 0.6 is 0 Å². The number of esters is 2.